The predicted molar refractivity (Wildman–Crippen MR) is 110 cm³/mol. The van der Waals surface area contributed by atoms with Crippen LogP contribution in [0.4, 0.5) is 4.39 Å². The Balaban J connectivity index is 1.82. The molecule has 0 fully saturated rings. The van der Waals surface area contributed by atoms with Gasteiger partial charge in [0.05, 0.1) is 11.4 Å². The molecule has 158 valence electrons. The molecule has 9 nitrogen and oxygen atoms in total. The number of nitrogens with one attached hydrogen (secondary N) is 2. The zero-order chi connectivity index (χ0) is 21.8. The van der Waals surface area contributed by atoms with E-state index < -0.39 is 11.4 Å². The van der Waals surface area contributed by atoms with Crippen molar-refractivity contribution in [3.63, 3.8) is 0 Å². The average Bonchev–Trinajstić information content (AvgIpc) is 3.15. The van der Waals surface area contributed by atoms with Crippen LogP contribution in [-0.2, 0) is 26.6 Å². The molecule has 0 bridgehead atoms. The van der Waals surface area contributed by atoms with Gasteiger partial charge in [-0.15, -0.1) is 0 Å². The van der Waals surface area contributed by atoms with Gasteiger partial charge in [0.25, 0.3) is 0 Å². The van der Waals surface area contributed by atoms with E-state index in [1.54, 1.807) is 19.1 Å². The van der Waals surface area contributed by atoms with E-state index >= 15 is 0 Å². The largest absolute Gasteiger partial charge is 0.385 e. The molecule has 2 heterocycles. The zero-order valence-corrected chi connectivity index (χ0v) is 17.0. The van der Waals surface area contributed by atoms with Crippen LogP contribution >= 0.6 is 0 Å². The maximum absolute atomic E-state index is 13.1. The van der Waals surface area contributed by atoms with Gasteiger partial charge in [-0.05, 0) is 38.0 Å². The maximum atomic E-state index is 13.1. The molecule has 0 radical (unpaired) electrons. The minimum atomic E-state index is -0.562. The molecule has 0 aliphatic carbocycles. The highest BCUT2D eigenvalue weighted by atomic mass is 19.1. The number of nitrogens with zero attached hydrogens (tertiary/aromatic N) is 4. The molecule has 0 saturated carbocycles. The van der Waals surface area contributed by atoms with Gasteiger partial charge in [0.1, 0.15) is 11.6 Å². The second-order valence-corrected chi connectivity index (χ2v) is 6.82. The van der Waals surface area contributed by atoms with Gasteiger partial charge in [-0.2, -0.15) is 0 Å². The quantitative estimate of drug-likeness (QED) is 0.544. The summed E-state index contributed by atoms with van der Waals surface area (Å²) in [4.78, 5) is 25.5. The molecule has 0 unspecified atom stereocenters. The number of rotatable bonds is 8. The first kappa shape index (κ1) is 21.0. The lowest BCUT2D eigenvalue weighted by molar-refractivity contribution is 0.392. The molecule has 0 aliphatic rings. The molecule has 1 aromatic carbocycles. The zero-order valence-electron chi connectivity index (χ0n) is 17.0. The Bertz CT molecular complexity index is 1180. The van der Waals surface area contributed by atoms with Crippen molar-refractivity contribution in [3.8, 4) is 0 Å². The molecule has 0 amide bonds. The predicted octanol–water partition coefficient (Wildman–Crippen LogP) is 1.57. The lowest BCUT2D eigenvalue weighted by Crippen LogP contribution is -2.30. The number of hydrogen-bond donors (Lipinski definition) is 2. The van der Waals surface area contributed by atoms with Crippen molar-refractivity contribution in [2.75, 3.05) is 0 Å². The van der Waals surface area contributed by atoms with Crippen LogP contribution < -0.4 is 16.7 Å². The maximum Gasteiger partial charge on any atom is 0.351 e. The Kier molecular flexibility index (Phi) is 6.14. The van der Waals surface area contributed by atoms with Crippen LogP contribution in [0.3, 0.4) is 0 Å². The first-order chi connectivity index (χ1) is 14.3. The fourth-order valence-electron chi connectivity index (χ4n) is 3.11. The Morgan fingerprint density at radius 1 is 1.23 bits per heavy atom. The summed E-state index contributed by atoms with van der Waals surface area (Å²) < 4.78 is 21.6. The van der Waals surface area contributed by atoms with E-state index in [1.807, 2.05) is 6.92 Å². The Labute approximate surface area is 171 Å². The van der Waals surface area contributed by atoms with E-state index in [9.17, 15) is 14.0 Å². The molecule has 0 saturated heterocycles. The molecular formula is C20H23FN6O3. The molecule has 3 rings (SSSR count). The Hall–Kier alpha value is -3.69. The number of allylic oxidation sites excluding steroid dienone is 1. The average molecular weight is 414 g/mol. The second kappa shape index (κ2) is 8.76. The highest BCUT2D eigenvalue weighted by Crippen LogP contribution is 2.11. The molecule has 0 atom stereocenters. The first-order valence-electron chi connectivity index (χ1n) is 9.33. The smallest absolute Gasteiger partial charge is 0.351 e. The van der Waals surface area contributed by atoms with Gasteiger partial charge < -0.3 is 15.2 Å². The Morgan fingerprint density at radius 2 is 1.93 bits per heavy atom. The topological polar surface area (TPSA) is 111 Å². The number of aryl methyl sites for hydroxylation is 3. The number of hydrogen-bond acceptors (Lipinski definition) is 6. The molecular weight excluding hydrogens is 391 g/mol. The van der Waals surface area contributed by atoms with E-state index in [4.69, 9.17) is 9.93 Å². The third-order valence-corrected chi connectivity index (χ3v) is 4.88. The normalized spacial score (nSPS) is 11.7. The second-order valence-electron chi connectivity index (χ2n) is 6.82. The third kappa shape index (κ3) is 4.17. The van der Waals surface area contributed by atoms with E-state index in [-0.39, 0.29) is 18.1 Å². The molecule has 0 spiro atoms. The van der Waals surface area contributed by atoms with Crippen LogP contribution in [0.2, 0.25) is 0 Å². The summed E-state index contributed by atoms with van der Waals surface area (Å²) in [5, 5.41) is 14.5. The van der Waals surface area contributed by atoms with Crippen LogP contribution in [0.1, 0.15) is 22.6 Å². The van der Waals surface area contributed by atoms with Crippen molar-refractivity contribution in [3.05, 3.63) is 79.8 Å². The van der Waals surface area contributed by atoms with Gasteiger partial charge >= 0.3 is 11.4 Å². The van der Waals surface area contributed by atoms with E-state index in [1.165, 1.54) is 34.7 Å². The van der Waals surface area contributed by atoms with Crippen LogP contribution in [0, 0.1) is 25.1 Å². The molecule has 10 heteroatoms. The van der Waals surface area contributed by atoms with Gasteiger partial charge in [0.15, 0.2) is 0 Å². The van der Waals surface area contributed by atoms with Gasteiger partial charge in [0.2, 0.25) is 0 Å². The first-order valence-corrected chi connectivity index (χ1v) is 9.33. The van der Waals surface area contributed by atoms with Crippen LogP contribution in [-0.4, -0.2) is 25.3 Å². The van der Waals surface area contributed by atoms with Crippen LogP contribution in [0.5, 0.6) is 0 Å². The van der Waals surface area contributed by atoms with Crippen LogP contribution in [0.15, 0.2) is 44.6 Å². The number of aromatic nitrogens is 4. The van der Waals surface area contributed by atoms with Crippen molar-refractivity contribution in [2.24, 2.45) is 7.05 Å². The summed E-state index contributed by atoms with van der Waals surface area (Å²) in [6, 6.07) is 5.97. The third-order valence-electron chi connectivity index (χ3n) is 4.88. The van der Waals surface area contributed by atoms with Crippen molar-refractivity contribution < 1.29 is 8.91 Å². The van der Waals surface area contributed by atoms with Crippen molar-refractivity contribution in [2.45, 2.75) is 33.4 Å². The van der Waals surface area contributed by atoms with Crippen LogP contribution in [0.25, 0.3) is 5.70 Å². The van der Waals surface area contributed by atoms with Gasteiger partial charge in [-0.25, -0.2) is 27.9 Å². The van der Waals surface area contributed by atoms with Gasteiger partial charge in [-0.1, -0.05) is 17.3 Å². The fourth-order valence-corrected chi connectivity index (χ4v) is 3.11. The summed E-state index contributed by atoms with van der Waals surface area (Å²) in [6.45, 7) is 4.22. The van der Waals surface area contributed by atoms with Crippen molar-refractivity contribution >= 4 is 11.9 Å². The summed E-state index contributed by atoms with van der Waals surface area (Å²) in [5.41, 5.74) is 1.43. The Morgan fingerprint density at radius 3 is 2.53 bits per heavy atom. The minimum Gasteiger partial charge on any atom is -0.385 e. The van der Waals surface area contributed by atoms with Gasteiger partial charge in [0, 0.05) is 38.1 Å². The fraction of sp³-hybridized carbons (Fsp3) is 0.300. The summed E-state index contributed by atoms with van der Waals surface area (Å²) in [6.07, 6.45) is 2.82. The monoisotopic (exact) mass is 414 g/mol. The van der Waals surface area contributed by atoms with Crippen molar-refractivity contribution in [1.29, 1.82) is 5.41 Å². The van der Waals surface area contributed by atoms with Crippen molar-refractivity contribution in [1.82, 2.24) is 24.4 Å². The highest BCUT2D eigenvalue weighted by Gasteiger charge is 2.16. The summed E-state index contributed by atoms with van der Waals surface area (Å²) in [7, 11) is 1.49. The lowest BCUT2D eigenvalue weighted by Gasteiger charge is -2.05. The molecule has 30 heavy (non-hydrogen) atoms. The summed E-state index contributed by atoms with van der Waals surface area (Å²) >= 11 is 0. The molecule has 3 aromatic rings. The molecule has 2 N–H and O–H groups in total. The number of benzene rings is 1. The summed E-state index contributed by atoms with van der Waals surface area (Å²) in [5.74, 6) is 0.337. The standard InChI is InChI=1S/C20H23FN6O3/c1-13-18(14(2)30-24-13)12-23-11-17(10-22)27-19(28)25(3)26(20(27)29)9-8-15-4-6-16(21)7-5-15/h4-7,10-11,22-23H,8-9,12H2,1-3H3/b17-11+,22-10?. The lowest BCUT2D eigenvalue weighted by atomic mass is 10.1. The minimum absolute atomic E-state index is 0.105. The molecule has 0 aliphatic heterocycles. The highest BCUT2D eigenvalue weighted by molar-refractivity contribution is 6.00. The number of halogens is 1. The van der Waals surface area contributed by atoms with E-state index in [0.717, 1.165) is 27.6 Å². The SMILES string of the molecule is Cc1noc(C)c1CN/C=C(\C=N)n1c(=O)n(C)n(CCc2ccc(F)cc2)c1=O. The molecule has 2 aromatic heterocycles. The van der Waals surface area contributed by atoms with E-state index in [0.29, 0.717) is 18.7 Å². The van der Waals surface area contributed by atoms with Gasteiger partial charge in [-0.3, -0.25) is 0 Å². The van der Waals surface area contributed by atoms with E-state index in [2.05, 4.69) is 10.5 Å².